The van der Waals surface area contributed by atoms with E-state index in [1.807, 2.05) is 12.1 Å². The van der Waals surface area contributed by atoms with Gasteiger partial charge < -0.3 is 24.8 Å². The van der Waals surface area contributed by atoms with Crippen LogP contribution in [0.2, 0.25) is 0 Å². The van der Waals surface area contributed by atoms with Gasteiger partial charge in [-0.3, -0.25) is 9.69 Å². The molecule has 31 heavy (non-hydrogen) atoms. The van der Waals surface area contributed by atoms with E-state index >= 15 is 0 Å². The van der Waals surface area contributed by atoms with Crippen LogP contribution in [-0.2, 0) is 16.1 Å². The number of ether oxygens (including phenoxy) is 2. The SMILES string of the molecule is O=C1CC2(CCN(CC(O)COc3cccc(CN4C[C@H]5CC[C@@H](C4)O5)c3)CC2)CN1. The monoisotopic (exact) mass is 429 g/mol. The highest BCUT2D eigenvalue weighted by atomic mass is 16.5. The standard InChI is InChI=1S/C24H35N3O4/c28-19(13-26-8-6-24(7-9-26)11-23(29)25-17-24)16-30-20-3-1-2-18(10-20)12-27-14-21-4-5-22(15-27)31-21/h1-3,10,19,21-22,28H,4-9,11-17H2,(H,25,29)/t19?,21-,22+. The Bertz CT molecular complexity index is 768. The fourth-order valence-electron chi connectivity index (χ4n) is 5.68. The molecule has 0 aliphatic carbocycles. The zero-order valence-corrected chi connectivity index (χ0v) is 18.3. The summed E-state index contributed by atoms with van der Waals surface area (Å²) in [7, 11) is 0. The molecule has 4 saturated heterocycles. The molecule has 170 valence electrons. The zero-order chi connectivity index (χ0) is 21.3. The third-order valence-electron chi connectivity index (χ3n) is 7.45. The number of hydrogen-bond donors (Lipinski definition) is 2. The van der Waals surface area contributed by atoms with Crippen molar-refractivity contribution >= 4 is 5.91 Å². The minimum Gasteiger partial charge on any atom is -0.491 e. The second-order valence-electron chi connectivity index (χ2n) is 10.0. The van der Waals surface area contributed by atoms with Crippen molar-refractivity contribution in [2.75, 3.05) is 45.9 Å². The molecule has 7 heteroatoms. The summed E-state index contributed by atoms with van der Waals surface area (Å²) in [5, 5.41) is 13.5. The number of amides is 1. The van der Waals surface area contributed by atoms with Crippen LogP contribution in [0.3, 0.4) is 0 Å². The van der Waals surface area contributed by atoms with Crippen molar-refractivity contribution < 1.29 is 19.4 Å². The molecule has 0 aromatic heterocycles. The number of morpholine rings is 1. The molecule has 1 aromatic rings. The number of carbonyl (C=O) groups excluding carboxylic acids is 1. The summed E-state index contributed by atoms with van der Waals surface area (Å²) in [6.07, 6.45) is 5.37. The molecule has 0 saturated carbocycles. The first kappa shape index (κ1) is 21.2. The van der Waals surface area contributed by atoms with Gasteiger partial charge >= 0.3 is 0 Å². The lowest BCUT2D eigenvalue weighted by Crippen LogP contribution is -2.45. The minimum absolute atomic E-state index is 0.148. The predicted molar refractivity (Wildman–Crippen MR) is 117 cm³/mol. The van der Waals surface area contributed by atoms with E-state index < -0.39 is 6.10 Å². The lowest BCUT2D eigenvalue weighted by atomic mass is 9.77. The first-order valence-electron chi connectivity index (χ1n) is 11.8. The number of nitrogens with zero attached hydrogens (tertiary/aromatic N) is 2. The number of hydrogen-bond acceptors (Lipinski definition) is 6. The van der Waals surface area contributed by atoms with Gasteiger partial charge in [0.25, 0.3) is 0 Å². The second-order valence-corrected chi connectivity index (χ2v) is 10.0. The van der Waals surface area contributed by atoms with E-state index in [2.05, 4.69) is 27.2 Å². The molecule has 4 aliphatic rings. The van der Waals surface area contributed by atoms with Crippen LogP contribution in [0.4, 0.5) is 0 Å². The van der Waals surface area contributed by atoms with Gasteiger partial charge in [0.2, 0.25) is 5.91 Å². The van der Waals surface area contributed by atoms with Crippen LogP contribution in [0, 0.1) is 5.41 Å². The molecule has 4 heterocycles. The maximum absolute atomic E-state index is 11.6. The largest absolute Gasteiger partial charge is 0.491 e. The van der Waals surface area contributed by atoms with Crippen LogP contribution in [0.1, 0.15) is 37.7 Å². The van der Waals surface area contributed by atoms with E-state index in [-0.39, 0.29) is 11.3 Å². The Hall–Kier alpha value is -1.67. The van der Waals surface area contributed by atoms with Gasteiger partial charge in [-0.05, 0) is 61.9 Å². The van der Waals surface area contributed by atoms with Gasteiger partial charge in [-0.25, -0.2) is 0 Å². The molecule has 2 N–H and O–H groups in total. The van der Waals surface area contributed by atoms with Crippen molar-refractivity contribution in [2.45, 2.75) is 57.0 Å². The number of aliphatic hydroxyl groups is 1. The fraction of sp³-hybridized carbons (Fsp3) is 0.708. The van der Waals surface area contributed by atoms with Crippen molar-refractivity contribution in [3.8, 4) is 5.75 Å². The van der Waals surface area contributed by atoms with Crippen LogP contribution < -0.4 is 10.1 Å². The molecule has 1 amide bonds. The smallest absolute Gasteiger partial charge is 0.220 e. The van der Waals surface area contributed by atoms with Gasteiger partial charge in [0.1, 0.15) is 18.5 Å². The van der Waals surface area contributed by atoms with E-state index in [1.165, 1.54) is 18.4 Å². The van der Waals surface area contributed by atoms with Gasteiger partial charge in [0.05, 0.1) is 12.2 Å². The Morgan fingerprint density at radius 1 is 1.19 bits per heavy atom. The molecule has 4 fully saturated rings. The number of rotatable bonds is 7. The number of fused-ring (bicyclic) bond motifs is 2. The highest BCUT2D eigenvalue weighted by Gasteiger charge is 2.41. The second kappa shape index (κ2) is 9.06. The molecule has 4 aliphatic heterocycles. The third-order valence-corrected chi connectivity index (χ3v) is 7.45. The minimum atomic E-state index is -0.518. The highest BCUT2D eigenvalue weighted by Crippen LogP contribution is 2.37. The molecule has 1 aromatic carbocycles. The van der Waals surface area contributed by atoms with E-state index in [0.29, 0.717) is 31.8 Å². The van der Waals surface area contributed by atoms with Crippen LogP contribution in [-0.4, -0.2) is 85.0 Å². The van der Waals surface area contributed by atoms with Gasteiger partial charge in [-0.1, -0.05) is 12.1 Å². The van der Waals surface area contributed by atoms with Gasteiger partial charge in [0, 0.05) is 39.1 Å². The normalized spacial score (nSPS) is 29.3. The average molecular weight is 430 g/mol. The zero-order valence-electron chi connectivity index (χ0n) is 18.3. The summed E-state index contributed by atoms with van der Waals surface area (Å²) in [6.45, 7) is 6.55. The van der Waals surface area contributed by atoms with Crippen molar-refractivity contribution in [3.05, 3.63) is 29.8 Å². The number of β-amino-alcohol motifs (C(OH)–C–C–N with tert-alkyl or cyclic N) is 1. The molecule has 1 unspecified atom stereocenters. The molecule has 7 nitrogen and oxygen atoms in total. The fourth-order valence-corrected chi connectivity index (χ4v) is 5.68. The van der Waals surface area contributed by atoms with Crippen LogP contribution in [0.15, 0.2) is 24.3 Å². The number of nitrogens with one attached hydrogen (secondary N) is 1. The molecule has 2 bridgehead atoms. The van der Waals surface area contributed by atoms with Gasteiger partial charge in [0.15, 0.2) is 0 Å². The Balaban J connectivity index is 1.06. The Morgan fingerprint density at radius 2 is 1.97 bits per heavy atom. The van der Waals surface area contributed by atoms with Crippen molar-refractivity contribution in [3.63, 3.8) is 0 Å². The van der Waals surface area contributed by atoms with Gasteiger partial charge in [-0.2, -0.15) is 0 Å². The highest BCUT2D eigenvalue weighted by molar-refractivity contribution is 5.79. The number of piperidine rings is 1. The predicted octanol–water partition coefficient (Wildman–Crippen LogP) is 1.39. The van der Waals surface area contributed by atoms with Crippen molar-refractivity contribution in [2.24, 2.45) is 5.41 Å². The number of aliphatic hydroxyl groups excluding tert-OH is 1. The van der Waals surface area contributed by atoms with Crippen LogP contribution in [0.5, 0.6) is 5.75 Å². The lowest BCUT2D eigenvalue weighted by molar-refractivity contribution is -0.119. The number of carbonyl (C=O) groups is 1. The maximum atomic E-state index is 11.6. The molecule has 3 atom stereocenters. The maximum Gasteiger partial charge on any atom is 0.220 e. The summed E-state index contributed by atoms with van der Waals surface area (Å²) in [5.74, 6) is 1.01. The molecule has 0 radical (unpaired) electrons. The van der Waals surface area contributed by atoms with Crippen molar-refractivity contribution in [1.82, 2.24) is 15.1 Å². The Labute approximate surface area is 184 Å². The summed E-state index contributed by atoms with van der Waals surface area (Å²) in [4.78, 5) is 16.4. The summed E-state index contributed by atoms with van der Waals surface area (Å²) in [6, 6.07) is 8.24. The van der Waals surface area contributed by atoms with Gasteiger partial charge in [-0.15, -0.1) is 0 Å². The topological polar surface area (TPSA) is 74.3 Å². The Morgan fingerprint density at radius 3 is 2.68 bits per heavy atom. The molecule has 5 rings (SSSR count). The first-order chi connectivity index (χ1) is 15.1. The third kappa shape index (κ3) is 5.22. The van der Waals surface area contributed by atoms with E-state index in [0.717, 1.165) is 57.9 Å². The van der Waals surface area contributed by atoms with E-state index in [4.69, 9.17) is 9.47 Å². The number of benzene rings is 1. The quantitative estimate of drug-likeness (QED) is 0.683. The summed E-state index contributed by atoms with van der Waals surface area (Å²) < 4.78 is 11.9. The molecular formula is C24H35N3O4. The van der Waals surface area contributed by atoms with Crippen LogP contribution >= 0.6 is 0 Å². The lowest BCUT2D eigenvalue weighted by Gasteiger charge is -2.38. The Kier molecular flexibility index (Phi) is 6.19. The van der Waals surface area contributed by atoms with Crippen molar-refractivity contribution in [1.29, 1.82) is 0 Å². The summed E-state index contributed by atoms with van der Waals surface area (Å²) >= 11 is 0. The average Bonchev–Trinajstić information content (AvgIpc) is 3.30. The number of likely N-dealkylation sites (tertiary alicyclic amines) is 2. The molecular weight excluding hydrogens is 394 g/mol. The van der Waals surface area contributed by atoms with E-state index in [9.17, 15) is 9.90 Å². The summed E-state index contributed by atoms with van der Waals surface area (Å²) in [5.41, 5.74) is 1.39. The van der Waals surface area contributed by atoms with Crippen LogP contribution in [0.25, 0.3) is 0 Å². The van der Waals surface area contributed by atoms with E-state index in [1.54, 1.807) is 0 Å². The molecule has 1 spiro atoms. The first-order valence-corrected chi connectivity index (χ1v) is 11.8.